The maximum atomic E-state index is 8.84. The average molecular weight is 391 g/mol. The molecule has 0 amide bonds. The highest BCUT2D eigenvalue weighted by Gasteiger charge is 2.22. The molecule has 4 rings (SSSR count). The number of oxazole rings is 1. The van der Waals surface area contributed by atoms with E-state index in [1.54, 1.807) is 6.20 Å². The van der Waals surface area contributed by atoms with Gasteiger partial charge in [-0.15, -0.1) is 10.2 Å². The molecule has 0 saturated heterocycles. The third-order valence-corrected chi connectivity index (χ3v) is 4.71. The first-order chi connectivity index (χ1) is 14.1. The highest BCUT2D eigenvalue weighted by atomic mass is 16.4. The minimum atomic E-state index is 0.190. The zero-order valence-corrected chi connectivity index (χ0v) is 16.0. The van der Waals surface area contributed by atoms with Gasteiger partial charge >= 0.3 is 0 Å². The quantitative estimate of drug-likeness (QED) is 0.591. The van der Waals surface area contributed by atoms with E-state index >= 15 is 0 Å². The van der Waals surface area contributed by atoms with E-state index in [9.17, 15) is 0 Å². The molecule has 3 heterocycles. The first kappa shape index (κ1) is 18.8. The van der Waals surface area contributed by atoms with Crippen LogP contribution in [0.3, 0.4) is 0 Å². The molecule has 1 saturated carbocycles. The van der Waals surface area contributed by atoms with E-state index in [1.165, 1.54) is 12.4 Å². The van der Waals surface area contributed by atoms with E-state index in [4.69, 9.17) is 15.4 Å². The molecule has 10 nitrogen and oxygen atoms in total. The zero-order chi connectivity index (χ0) is 20.2. The Kier molecular flexibility index (Phi) is 5.31. The lowest BCUT2D eigenvalue weighted by atomic mass is 9.91. The van der Waals surface area contributed by atoms with E-state index in [0.29, 0.717) is 29.0 Å². The molecule has 1 aliphatic carbocycles. The van der Waals surface area contributed by atoms with E-state index in [1.807, 2.05) is 19.1 Å². The van der Waals surface area contributed by atoms with Crippen molar-refractivity contribution in [1.82, 2.24) is 25.1 Å². The fourth-order valence-corrected chi connectivity index (χ4v) is 3.35. The number of nitriles is 1. The molecule has 0 aromatic carbocycles. The van der Waals surface area contributed by atoms with Crippen LogP contribution >= 0.6 is 0 Å². The van der Waals surface area contributed by atoms with Crippen molar-refractivity contribution < 1.29 is 4.42 Å². The topological polar surface area (TPSA) is 151 Å². The summed E-state index contributed by atoms with van der Waals surface area (Å²) < 4.78 is 5.65. The van der Waals surface area contributed by atoms with Gasteiger partial charge in [0.2, 0.25) is 5.89 Å². The van der Waals surface area contributed by atoms with E-state index in [0.717, 1.165) is 31.4 Å². The Morgan fingerprint density at radius 1 is 1.14 bits per heavy atom. The van der Waals surface area contributed by atoms with Crippen molar-refractivity contribution in [3.8, 4) is 17.7 Å². The molecular formula is C19H21N9O. The summed E-state index contributed by atoms with van der Waals surface area (Å²) in [4.78, 5) is 12.4. The monoisotopic (exact) mass is 391 g/mol. The number of hydrogen-bond donors (Lipinski definition) is 3. The van der Waals surface area contributed by atoms with Crippen molar-refractivity contribution in [3.63, 3.8) is 0 Å². The van der Waals surface area contributed by atoms with Crippen molar-refractivity contribution in [1.29, 1.82) is 5.26 Å². The highest BCUT2D eigenvalue weighted by Crippen LogP contribution is 2.30. The van der Waals surface area contributed by atoms with E-state index in [2.05, 4.69) is 35.8 Å². The number of aryl methyl sites for hydroxylation is 1. The van der Waals surface area contributed by atoms with E-state index in [-0.39, 0.29) is 17.8 Å². The number of nitrogens with zero attached hydrogens (tertiary/aromatic N) is 6. The second-order valence-corrected chi connectivity index (χ2v) is 7.06. The van der Waals surface area contributed by atoms with Crippen LogP contribution in [-0.4, -0.2) is 37.2 Å². The van der Waals surface area contributed by atoms with Crippen molar-refractivity contribution in [2.24, 2.45) is 5.73 Å². The largest absolute Gasteiger partial charge is 0.440 e. The molecule has 2 unspecified atom stereocenters. The molecule has 1 aliphatic rings. The number of aromatic nitrogens is 5. The first-order valence-corrected chi connectivity index (χ1v) is 9.42. The fraction of sp³-hybridized carbons (Fsp3) is 0.368. The molecule has 148 valence electrons. The predicted molar refractivity (Wildman–Crippen MR) is 106 cm³/mol. The lowest BCUT2D eigenvalue weighted by Gasteiger charge is -2.28. The van der Waals surface area contributed by atoms with Crippen molar-refractivity contribution in [2.75, 3.05) is 10.6 Å². The Labute approximate surface area is 167 Å². The molecule has 29 heavy (non-hydrogen) atoms. The van der Waals surface area contributed by atoms with Crippen LogP contribution in [0.4, 0.5) is 17.3 Å². The van der Waals surface area contributed by atoms with Crippen molar-refractivity contribution in [2.45, 2.75) is 44.7 Å². The van der Waals surface area contributed by atoms with Gasteiger partial charge in [-0.1, -0.05) is 0 Å². The zero-order valence-electron chi connectivity index (χ0n) is 16.0. The van der Waals surface area contributed by atoms with Gasteiger partial charge < -0.3 is 20.8 Å². The van der Waals surface area contributed by atoms with Gasteiger partial charge in [0, 0.05) is 18.2 Å². The molecule has 2 atom stereocenters. The summed E-state index contributed by atoms with van der Waals surface area (Å²) in [6.45, 7) is 1.83. The van der Waals surface area contributed by atoms with Crippen LogP contribution in [0.5, 0.6) is 0 Å². The Morgan fingerprint density at radius 2 is 2.03 bits per heavy atom. The summed E-state index contributed by atoms with van der Waals surface area (Å²) in [5.74, 6) is 2.05. The summed E-state index contributed by atoms with van der Waals surface area (Å²) in [5.41, 5.74) is 7.67. The van der Waals surface area contributed by atoms with Gasteiger partial charge in [0.1, 0.15) is 17.6 Å². The fourth-order valence-electron chi connectivity index (χ4n) is 3.35. The van der Waals surface area contributed by atoms with Crippen LogP contribution < -0.4 is 16.4 Å². The Bertz CT molecular complexity index is 1020. The molecule has 0 bridgehead atoms. The second-order valence-electron chi connectivity index (χ2n) is 7.06. The summed E-state index contributed by atoms with van der Waals surface area (Å²) in [6, 6.07) is 4.20. The minimum absolute atomic E-state index is 0.190. The molecule has 3 aromatic rings. The van der Waals surface area contributed by atoms with Crippen LogP contribution in [0.15, 0.2) is 29.1 Å². The molecule has 0 aliphatic heterocycles. The van der Waals surface area contributed by atoms with Crippen LogP contribution in [0.2, 0.25) is 0 Å². The van der Waals surface area contributed by atoms with Crippen molar-refractivity contribution >= 4 is 17.3 Å². The Balaban J connectivity index is 1.62. The van der Waals surface area contributed by atoms with Gasteiger partial charge in [0.25, 0.3) is 0 Å². The maximum absolute atomic E-state index is 8.84. The lowest BCUT2D eigenvalue weighted by Crippen LogP contribution is -2.35. The third kappa shape index (κ3) is 4.47. The lowest BCUT2D eigenvalue weighted by molar-refractivity contribution is 0.409. The van der Waals surface area contributed by atoms with Gasteiger partial charge in [-0.2, -0.15) is 5.26 Å². The molecule has 3 aromatic heterocycles. The molecule has 1 fully saturated rings. The number of nitrogens with two attached hydrogens (primary N) is 1. The Morgan fingerprint density at radius 3 is 2.72 bits per heavy atom. The molecule has 10 heteroatoms. The summed E-state index contributed by atoms with van der Waals surface area (Å²) in [5, 5.41) is 24.0. The smallest absolute Gasteiger partial charge is 0.249 e. The summed E-state index contributed by atoms with van der Waals surface area (Å²) in [6.07, 6.45) is 8.55. The molecule has 0 spiro atoms. The first-order valence-electron chi connectivity index (χ1n) is 9.42. The van der Waals surface area contributed by atoms with Crippen LogP contribution in [0.25, 0.3) is 11.6 Å². The number of anilines is 3. The molecule has 4 N–H and O–H groups in total. The van der Waals surface area contributed by atoms with Crippen LogP contribution in [0.1, 0.15) is 37.1 Å². The number of hydrogen-bond acceptors (Lipinski definition) is 10. The highest BCUT2D eigenvalue weighted by molar-refractivity contribution is 5.72. The normalized spacial score (nSPS) is 18.8. The SMILES string of the molecule is Cc1cnc(-c2nnc(Nc3cnc(C#N)cn3)cc2NC2CCCC(N)C2)o1. The van der Waals surface area contributed by atoms with Crippen LogP contribution in [-0.2, 0) is 0 Å². The Hall–Kier alpha value is -3.58. The summed E-state index contributed by atoms with van der Waals surface area (Å²) in [7, 11) is 0. The minimum Gasteiger partial charge on any atom is -0.440 e. The van der Waals surface area contributed by atoms with E-state index < -0.39 is 0 Å². The third-order valence-electron chi connectivity index (χ3n) is 4.71. The van der Waals surface area contributed by atoms with Gasteiger partial charge in [-0.05, 0) is 32.6 Å². The average Bonchev–Trinajstić information content (AvgIpc) is 3.15. The summed E-state index contributed by atoms with van der Waals surface area (Å²) >= 11 is 0. The molecule has 0 radical (unpaired) electrons. The number of rotatable bonds is 5. The van der Waals surface area contributed by atoms with Crippen LogP contribution in [0, 0.1) is 18.3 Å². The predicted octanol–water partition coefficient (Wildman–Crippen LogP) is 2.53. The molecular weight excluding hydrogens is 370 g/mol. The van der Waals surface area contributed by atoms with Gasteiger partial charge in [-0.3, -0.25) is 0 Å². The van der Waals surface area contributed by atoms with Gasteiger partial charge in [-0.25, -0.2) is 15.0 Å². The van der Waals surface area contributed by atoms with Gasteiger partial charge in [0.15, 0.2) is 17.2 Å². The number of nitrogens with one attached hydrogen (secondary N) is 2. The standard InChI is InChI=1S/C19H21N9O/c1-11-8-24-19(29-11)18-15(25-13-4-2-3-12(21)5-13)6-16(27-28-18)26-17-10-22-14(7-20)9-23-17/h6,8-10,12-13H,2-5,21H2,1H3,(H2,23,25,26,27). The maximum Gasteiger partial charge on any atom is 0.249 e. The van der Waals surface area contributed by atoms with Gasteiger partial charge in [0.05, 0.1) is 24.3 Å². The second kappa shape index (κ2) is 8.20. The van der Waals surface area contributed by atoms with Crippen molar-refractivity contribution in [3.05, 3.63) is 36.1 Å².